The Bertz CT molecular complexity index is 503. The summed E-state index contributed by atoms with van der Waals surface area (Å²) in [7, 11) is 1.79. The minimum absolute atomic E-state index is 0.0976. The fraction of sp³-hybridized carbons (Fsp3) is 0.533. The maximum absolute atomic E-state index is 12.4. The van der Waals surface area contributed by atoms with Crippen molar-refractivity contribution in [3.63, 3.8) is 0 Å². The highest BCUT2D eigenvalue weighted by molar-refractivity contribution is 6.31. The zero-order valence-electron chi connectivity index (χ0n) is 12.1. The minimum atomic E-state index is -0.184. The van der Waals surface area contributed by atoms with E-state index in [9.17, 15) is 4.79 Å². The summed E-state index contributed by atoms with van der Waals surface area (Å²) in [4.78, 5) is 12.4. The predicted molar refractivity (Wildman–Crippen MR) is 81.5 cm³/mol. The molecule has 1 amide bonds. The molecular formula is C15H21ClN2O2. The van der Waals surface area contributed by atoms with Gasteiger partial charge in [0.25, 0.3) is 5.91 Å². The molecule has 1 unspecified atom stereocenters. The first-order valence-electron chi connectivity index (χ1n) is 6.83. The minimum Gasteiger partial charge on any atom is -0.387 e. The van der Waals surface area contributed by atoms with Gasteiger partial charge in [0.05, 0.1) is 11.2 Å². The van der Waals surface area contributed by atoms with Crippen LogP contribution < -0.4 is 10.6 Å². The topological polar surface area (TPSA) is 50.4 Å². The largest absolute Gasteiger partial charge is 0.387 e. The SMILES string of the molecule is CNc1ccc(Cl)cc1C(=O)NC1CCOC(C)(C)C1. The van der Waals surface area contributed by atoms with Crippen LogP contribution in [0.4, 0.5) is 5.69 Å². The second-order valence-electron chi connectivity index (χ2n) is 5.71. The van der Waals surface area contributed by atoms with E-state index in [1.165, 1.54) is 0 Å². The molecule has 4 nitrogen and oxygen atoms in total. The number of rotatable bonds is 3. The average Bonchev–Trinajstić information content (AvgIpc) is 2.37. The van der Waals surface area contributed by atoms with Crippen LogP contribution in [-0.2, 0) is 4.74 Å². The van der Waals surface area contributed by atoms with Crippen LogP contribution in [0.5, 0.6) is 0 Å². The van der Waals surface area contributed by atoms with Gasteiger partial charge in [-0.25, -0.2) is 0 Å². The molecule has 0 saturated carbocycles. The van der Waals surface area contributed by atoms with Crippen LogP contribution in [0.3, 0.4) is 0 Å². The Kier molecular flexibility index (Phi) is 4.55. The Balaban J connectivity index is 2.10. The van der Waals surface area contributed by atoms with E-state index in [0.717, 1.165) is 18.5 Å². The summed E-state index contributed by atoms with van der Waals surface area (Å²) < 4.78 is 5.66. The van der Waals surface area contributed by atoms with Crippen molar-refractivity contribution in [2.24, 2.45) is 0 Å². The van der Waals surface area contributed by atoms with E-state index >= 15 is 0 Å². The molecule has 1 fully saturated rings. The quantitative estimate of drug-likeness (QED) is 0.901. The Morgan fingerprint density at radius 3 is 2.85 bits per heavy atom. The van der Waals surface area contributed by atoms with Crippen molar-refractivity contribution in [1.82, 2.24) is 5.32 Å². The molecule has 110 valence electrons. The third-order valence-corrected chi connectivity index (χ3v) is 3.76. The molecule has 1 heterocycles. The van der Waals surface area contributed by atoms with Gasteiger partial charge in [0.1, 0.15) is 0 Å². The van der Waals surface area contributed by atoms with Crippen molar-refractivity contribution in [3.05, 3.63) is 28.8 Å². The van der Waals surface area contributed by atoms with Crippen molar-refractivity contribution in [3.8, 4) is 0 Å². The first kappa shape index (κ1) is 15.1. The molecule has 5 heteroatoms. The Hall–Kier alpha value is -1.26. The number of carbonyl (C=O) groups excluding carboxylic acids is 1. The highest BCUT2D eigenvalue weighted by Gasteiger charge is 2.30. The monoisotopic (exact) mass is 296 g/mol. The summed E-state index contributed by atoms with van der Waals surface area (Å²) in [6.45, 7) is 4.76. The molecule has 0 radical (unpaired) electrons. The van der Waals surface area contributed by atoms with Crippen LogP contribution in [0.1, 0.15) is 37.0 Å². The number of halogens is 1. The van der Waals surface area contributed by atoms with E-state index in [1.807, 2.05) is 19.9 Å². The number of ether oxygens (including phenoxy) is 1. The zero-order valence-corrected chi connectivity index (χ0v) is 12.9. The van der Waals surface area contributed by atoms with E-state index < -0.39 is 0 Å². The van der Waals surface area contributed by atoms with Gasteiger partial charge in [-0.3, -0.25) is 4.79 Å². The third-order valence-electron chi connectivity index (χ3n) is 3.53. The average molecular weight is 297 g/mol. The normalized spacial score (nSPS) is 21.3. The lowest BCUT2D eigenvalue weighted by molar-refractivity contribution is -0.0615. The number of nitrogens with one attached hydrogen (secondary N) is 2. The summed E-state index contributed by atoms with van der Waals surface area (Å²) in [6.07, 6.45) is 1.65. The predicted octanol–water partition coefficient (Wildman–Crippen LogP) is 3.07. The fourth-order valence-electron chi connectivity index (χ4n) is 2.54. The lowest BCUT2D eigenvalue weighted by Crippen LogP contribution is -2.45. The van der Waals surface area contributed by atoms with Crippen molar-refractivity contribution < 1.29 is 9.53 Å². The molecular weight excluding hydrogens is 276 g/mol. The van der Waals surface area contributed by atoms with Gasteiger partial charge >= 0.3 is 0 Å². The lowest BCUT2D eigenvalue weighted by atomic mass is 9.93. The summed E-state index contributed by atoms with van der Waals surface area (Å²) >= 11 is 5.98. The zero-order chi connectivity index (χ0) is 14.8. The molecule has 1 aromatic carbocycles. The highest BCUT2D eigenvalue weighted by atomic mass is 35.5. The summed E-state index contributed by atoms with van der Waals surface area (Å²) in [5.41, 5.74) is 1.17. The van der Waals surface area contributed by atoms with Crippen molar-refractivity contribution in [1.29, 1.82) is 0 Å². The van der Waals surface area contributed by atoms with Gasteiger partial charge in [-0.1, -0.05) is 11.6 Å². The Labute approximate surface area is 124 Å². The molecule has 0 spiro atoms. The van der Waals surface area contributed by atoms with Crippen LogP contribution in [0.25, 0.3) is 0 Å². The van der Waals surface area contributed by atoms with E-state index in [2.05, 4.69) is 10.6 Å². The van der Waals surface area contributed by atoms with Gasteiger partial charge in [0.15, 0.2) is 0 Å². The molecule has 0 aliphatic carbocycles. The van der Waals surface area contributed by atoms with E-state index in [0.29, 0.717) is 17.2 Å². The number of hydrogen-bond acceptors (Lipinski definition) is 3. The fourth-order valence-corrected chi connectivity index (χ4v) is 2.71. The molecule has 1 aliphatic heterocycles. The van der Waals surface area contributed by atoms with E-state index in [4.69, 9.17) is 16.3 Å². The van der Waals surface area contributed by atoms with Crippen LogP contribution in [-0.4, -0.2) is 31.2 Å². The van der Waals surface area contributed by atoms with Crippen molar-refractivity contribution in [2.45, 2.75) is 38.3 Å². The molecule has 2 N–H and O–H groups in total. The molecule has 0 bridgehead atoms. The lowest BCUT2D eigenvalue weighted by Gasteiger charge is -2.35. The molecule has 1 aliphatic rings. The highest BCUT2D eigenvalue weighted by Crippen LogP contribution is 2.25. The first-order valence-corrected chi connectivity index (χ1v) is 7.21. The maximum atomic E-state index is 12.4. The Morgan fingerprint density at radius 1 is 1.45 bits per heavy atom. The Morgan fingerprint density at radius 2 is 2.20 bits per heavy atom. The third kappa shape index (κ3) is 3.64. The first-order chi connectivity index (χ1) is 9.41. The standard InChI is InChI=1S/C15H21ClN2O2/c1-15(2)9-11(6-7-20-15)18-14(19)12-8-10(16)4-5-13(12)17-3/h4-5,8,11,17H,6-7,9H2,1-3H3,(H,18,19). The van der Waals surface area contributed by atoms with E-state index in [-0.39, 0.29) is 17.6 Å². The van der Waals surface area contributed by atoms with Gasteiger partial charge in [-0.2, -0.15) is 0 Å². The smallest absolute Gasteiger partial charge is 0.253 e. The molecule has 1 atom stereocenters. The molecule has 20 heavy (non-hydrogen) atoms. The summed E-state index contributed by atoms with van der Waals surface area (Å²) in [5, 5.41) is 6.65. The summed E-state index contributed by atoms with van der Waals surface area (Å²) in [5.74, 6) is -0.0976. The van der Waals surface area contributed by atoms with Crippen molar-refractivity contribution >= 4 is 23.2 Å². The van der Waals surface area contributed by atoms with E-state index in [1.54, 1.807) is 19.2 Å². The number of anilines is 1. The molecule has 1 saturated heterocycles. The van der Waals surface area contributed by atoms with Gasteiger partial charge in [-0.05, 0) is 44.9 Å². The van der Waals surface area contributed by atoms with Crippen LogP contribution in [0.15, 0.2) is 18.2 Å². The van der Waals surface area contributed by atoms with Gasteiger partial charge < -0.3 is 15.4 Å². The van der Waals surface area contributed by atoms with Crippen LogP contribution in [0, 0.1) is 0 Å². The van der Waals surface area contributed by atoms with Crippen molar-refractivity contribution in [2.75, 3.05) is 19.0 Å². The van der Waals surface area contributed by atoms with Gasteiger partial charge in [-0.15, -0.1) is 0 Å². The van der Waals surface area contributed by atoms with Crippen LogP contribution >= 0.6 is 11.6 Å². The van der Waals surface area contributed by atoms with Crippen LogP contribution in [0.2, 0.25) is 5.02 Å². The summed E-state index contributed by atoms with van der Waals surface area (Å²) in [6, 6.07) is 5.40. The molecule has 1 aromatic rings. The number of benzene rings is 1. The number of carbonyl (C=O) groups is 1. The second-order valence-corrected chi connectivity index (χ2v) is 6.15. The maximum Gasteiger partial charge on any atom is 0.253 e. The second kappa shape index (κ2) is 6.02. The van der Waals surface area contributed by atoms with Gasteiger partial charge in [0.2, 0.25) is 0 Å². The number of amides is 1. The molecule has 2 rings (SSSR count). The number of hydrogen-bond donors (Lipinski definition) is 2. The van der Waals surface area contributed by atoms with Gasteiger partial charge in [0, 0.05) is 30.4 Å². The molecule has 0 aromatic heterocycles.